The minimum atomic E-state index is -4.58. The quantitative estimate of drug-likeness (QED) is 0.154. The molecule has 1 aromatic heterocycles. The summed E-state index contributed by atoms with van der Waals surface area (Å²) in [6, 6.07) is 9.41. The maximum absolute atomic E-state index is 13.5. The van der Waals surface area contributed by atoms with Crippen LogP contribution in [0, 0.1) is 11.8 Å². The fourth-order valence-electron chi connectivity index (χ4n) is 3.74. The second-order valence-electron chi connectivity index (χ2n) is 9.70. The van der Waals surface area contributed by atoms with Gasteiger partial charge in [-0.05, 0) is 62.6 Å². The first-order chi connectivity index (χ1) is 18.5. The molecule has 0 aliphatic rings. The predicted octanol–water partition coefficient (Wildman–Crippen LogP) is 6.63. The van der Waals surface area contributed by atoms with Gasteiger partial charge in [-0.2, -0.15) is 26.3 Å². The number of thiophene rings is 1. The van der Waals surface area contributed by atoms with Crippen molar-refractivity contribution < 1.29 is 35.6 Å². The molecule has 5 nitrogen and oxygen atoms in total. The molecule has 2 aromatic carbocycles. The van der Waals surface area contributed by atoms with E-state index in [0.717, 1.165) is 23.6 Å². The molecule has 0 aliphatic carbocycles. The van der Waals surface area contributed by atoms with Crippen LogP contribution in [0.1, 0.15) is 10.4 Å². The van der Waals surface area contributed by atoms with E-state index in [4.69, 9.17) is 4.74 Å². The zero-order chi connectivity index (χ0) is 29.7. The topological polar surface area (TPSA) is 53.6 Å². The van der Waals surface area contributed by atoms with Crippen molar-refractivity contribution in [1.82, 2.24) is 4.90 Å². The van der Waals surface area contributed by atoms with Gasteiger partial charge in [0, 0.05) is 18.4 Å². The van der Waals surface area contributed by atoms with Gasteiger partial charge in [0.1, 0.15) is 12.9 Å². The maximum atomic E-state index is 13.5. The summed E-state index contributed by atoms with van der Waals surface area (Å²) < 4.78 is 96.7. The van der Waals surface area contributed by atoms with Crippen molar-refractivity contribution in [1.29, 1.82) is 0 Å². The summed E-state index contributed by atoms with van der Waals surface area (Å²) >= 11 is 1.16. The number of nitrogens with one attached hydrogen (secondary N) is 2. The van der Waals surface area contributed by atoms with Crippen molar-refractivity contribution in [3.63, 3.8) is 0 Å². The highest BCUT2D eigenvalue weighted by molar-refractivity contribution is 7.70. The third-order valence-corrected chi connectivity index (χ3v) is 8.34. The molecular weight excluding hydrogens is 575 g/mol. The molecule has 0 radical (unpaired) electrons. The minimum Gasteiger partial charge on any atom is -0.482 e. The highest BCUT2D eigenvalue weighted by atomic mass is 32.1. The SMILES string of the molecule is CN(C)CCNc1cccc2c(CC(F)(F)F)c(C#CCNc3ccc(P(C)(C)=O)cc3OCC(F)(F)F)sc12. The molecule has 218 valence electrons. The molecule has 40 heavy (non-hydrogen) atoms. The van der Waals surface area contributed by atoms with Gasteiger partial charge < -0.3 is 24.8 Å². The number of anilines is 2. The van der Waals surface area contributed by atoms with Crippen LogP contribution in [-0.4, -0.2) is 70.9 Å². The van der Waals surface area contributed by atoms with E-state index in [-0.39, 0.29) is 28.4 Å². The molecule has 0 saturated heterocycles. The Bertz CT molecular complexity index is 1430. The third-order valence-electron chi connectivity index (χ3n) is 5.62. The van der Waals surface area contributed by atoms with E-state index in [0.29, 0.717) is 21.9 Å². The van der Waals surface area contributed by atoms with Crippen molar-refractivity contribution in [3.8, 4) is 17.6 Å². The van der Waals surface area contributed by atoms with Gasteiger partial charge in [0.25, 0.3) is 0 Å². The van der Waals surface area contributed by atoms with Crippen molar-refractivity contribution in [3.05, 3.63) is 46.8 Å². The summed E-state index contributed by atoms with van der Waals surface area (Å²) in [5.74, 6) is 5.45. The normalized spacial score (nSPS) is 12.4. The first-order valence-electron chi connectivity index (χ1n) is 12.1. The van der Waals surface area contributed by atoms with Crippen molar-refractivity contribution in [2.45, 2.75) is 18.8 Å². The minimum absolute atomic E-state index is 0.0781. The van der Waals surface area contributed by atoms with Gasteiger partial charge in [-0.25, -0.2) is 0 Å². The lowest BCUT2D eigenvalue weighted by Gasteiger charge is -2.16. The summed E-state index contributed by atoms with van der Waals surface area (Å²) in [4.78, 5) is 2.24. The highest BCUT2D eigenvalue weighted by Gasteiger charge is 2.31. The molecule has 2 N–H and O–H groups in total. The number of rotatable bonds is 10. The number of fused-ring (bicyclic) bond motifs is 1. The van der Waals surface area contributed by atoms with E-state index in [1.54, 1.807) is 12.1 Å². The lowest BCUT2D eigenvalue weighted by Crippen LogP contribution is -2.20. The fraction of sp³-hybridized carbons (Fsp3) is 0.407. The van der Waals surface area contributed by atoms with Crippen LogP contribution >= 0.6 is 18.5 Å². The number of likely N-dealkylation sites (N-methyl/N-ethyl adjacent to an activating group) is 1. The van der Waals surface area contributed by atoms with E-state index in [9.17, 15) is 30.9 Å². The predicted molar refractivity (Wildman–Crippen MR) is 151 cm³/mol. The fourth-order valence-corrected chi connectivity index (χ4v) is 5.78. The van der Waals surface area contributed by atoms with E-state index in [2.05, 4.69) is 22.5 Å². The molecule has 0 spiro atoms. The Kier molecular flexibility index (Phi) is 10.1. The van der Waals surface area contributed by atoms with Gasteiger partial charge in [0.05, 0.1) is 33.9 Å². The van der Waals surface area contributed by atoms with Crippen LogP contribution in [-0.2, 0) is 11.0 Å². The lowest BCUT2D eigenvalue weighted by molar-refractivity contribution is -0.153. The molecule has 0 amide bonds. The number of alkyl halides is 6. The lowest BCUT2D eigenvalue weighted by atomic mass is 10.1. The molecule has 0 unspecified atom stereocenters. The van der Waals surface area contributed by atoms with Crippen LogP contribution in [0.5, 0.6) is 5.75 Å². The Labute approximate surface area is 233 Å². The number of nitrogens with zero attached hydrogens (tertiary/aromatic N) is 1. The highest BCUT2D eigenvalue weighted by Crippen LogP contribution is 2.39. The van der Waals surface area contributed by atoms with Gasteiger partial charge in [0.15, 0.2) is 6.61 Å². The van der Waals surface area contributed by atoms with Gasteiger partial charge in [0.2, 0.25) is 0 Å². The standard InChI is InChI=1S/C27H30F6N3O2PS/c1-36(2)14-13-35-22-8-5-7-19-20(16-26(28,29)30)24(40-25(19)22)9-6-12-34-21-11-10-18(39(3,4)37)15-23(21)38-17-27(31,32)33/h5,7-8,10-11,15,34-35H,12-14,16-17H2,1-4H3. The molecule has 0 atom stereocenters. The molecule has 0 bridgehead atoms. The summed E-state index contributed by atoms with van der Waals surface area (Å²) in [5.41, 5.74) is 0.987. The Balaban J connectivity index is 1.89. The number of hydrogen-bond acceptors (Lipinski definition) is 6. The number of ether oxygens (including phenoxy) is 1. The van der Waals surface area contributed by atoms with Crippen molar-refractivity contribution in [2.75, 3.05) is 64.3 Å². The Morgan fingerprint density at radius 3 is 2.35 bits per heavy atom. The molecule has 3 rings (SSSR count). The first kappa shape index (κ1) is 31.7. The molecule has 0 saturated carbocycles. The van der Waals surface area contributed by atoms with E-state index in [1.165, 1.54) is 31.5 Å². The van der Waals surface area contributed by atoms with Crippen LogP contribution in [0.25, 0.3) is 10.1 Å². The maximum Gasteiger partial charge on any atom is 0.422 e. The Hall–Kier alpha value is -2.87. The van der Waals surface area contributed by atoms with E-state index < -0.39 is 32.5 Å². The first-order valence-corrected chi connectivity index (χ1v) is 15.6. The summed E-state index contributed by atoms with van der Waals surface area (Å²) in [7, 11) is 1.07. The van der Waals surface area contributed by atoms with Crippen LogP contribution in [0.3, 0.4) is 0 Å². The molecular formula is C27H30F6N3O2PS. The zero-order valence-electron chi connectivity index (χ0n) is 22.4. The Morgan fingerprint density at radius 2 is 1.73 bits per heavy atom. The van der Waals surface area contributed by atoms with Crippen LogP contribution in [0.15, 0.2) is 36.4 Å². The smallest absolute Gasteiger partial charge is 0.422 e. The van der Waals surface area contributed by atoms with Gasteiger partial charge in [-0.3, -0.25) is 0 Å². The van der Waals surface area contributed by atoms with Crippen molar-refractivity contribution in [2.24, 2.45) is 0 Å². The van der Waals surface area contributed by atoms with E-state index in [1.807, 2.05) is 25.1 Å². The average Bonchev–Trinajstić information content (AvgIpc) is 3.16. The van der Waals surface area contributed by atoms with Crippen molar-refractivity contribution >= 4 is 45.2 Å². The molecule has 0 fully saturated rings. The monoisotopic (exact) mass is 605 g/mol. The van der Waals surface area contributed by atoms with Gasteiger partial charge in [-0.1, -0.05) is 24.0 Å². The number of benzene rings is 2. The third kappa shape index (κ3) is 9.36. The second kappa shape index (κ2) is 12.8. The number of halogens is 6. The summed E-state index contributed by atoms with van der Waals surface area (Å²) in [6.45, 7) is 2.70. The molecule has 13 heteroatoms. The Morgan fingerprint density at radius 1 is 1.00 bits per heavy atom. The summed E-state index contributed by atoms with van der Waals surface area (Å²) in [6.07, 6.45) is -10.2. The zero-order valence-corrected chi connectivity index (χ0v) is 24.1. The second-order valence-corrected chi connectivity index (χ2v) is 13.9. The number of hydrogen-bond donors (Lipinski definition) is 2. The molecule has 1 heterocycles. The molecule has 3 aromatic rings. The van der Waals surface area contributed by atoms with Gasteiger partial charge in [-0.15, -0.1) is 11.3 Å². The van der Waals surface area contributed by atoms with Gasteiger partial charge >= 0.3 is 12.4 Å². The largest absolute Gasteiger partial charge is 0.482 e. The molecule has 0 aliphatic heterocycles. The summed E-state index contributed by atoms with van der Waals surface area (Å²) in [5, 5.41) is 6.94. The van der Waals surface area contributed by atoms with E-state index >= 15 is 0 Å². The van der Waals surface area contributed by atoms with Crippen LogP contribution in [0.4, 0.5) is 37.7 Å². The average molecular weight is 606 g/mol. The van der Waals surface area contributed by atoms with Crippen LogP contribution in [0.2, 0.25) is 0 Å². The van der Waals surface area contributed by atoms with Crippen LogP contribution < -0.4 is 20.7 Å².